The summed E-state index contributed by atoms with van der Waals surface area (Å²) in [4.78, 5) is 0. The van der Waals surface area contributed by atoms with Crippen molar-refractivity contribution in [1.29, 1.82) is 0 Å². The smallest absolute Gasteiger partial charge is 0.123 e. The average molecular weight is 223 g/mol. The maximum absolute atomic E-state index is 12.9. The Morgan fingerprint density at radius 1 is 1.06 bits per heavy atom. The molecule has 1 N–H and O–H groups in total. The van der Waals surface area contributed by atoms with Gasteiger partial charge in [-0.05, 0) is 30.2 Å². The quantitative estimate of drug-likeness (QED) is 0.771. The Labute approximate surface area is 98.1 Å². The van der Waals surface area contributed by atoms with Crippen molar-refractivity contribution in [2.24, 2.45) is 5.92 Å². The molecule has 1 aromatic rings. The number of hydrogen-bond donors (Lipinski definition) is 1. The van der Waals surface area contributed by atoms with E-state index < -0.39 is 0 Å². The molecule has 1 atom stereocenters. The highest BCUT2D eigenvalue weighted by Gasteiger charge is 2.19. The zero-order valence-electron chi connectivity index (χ0n) is 10.5. The predicted molar refractivity (Wildman–Crippen MR) is 66.9 cm³/mol. The van der Waals surface area contributed by atoms with Crippen LogP contribution in [0, 0.1) is 11.7 Å². The van der Waals surface area contributed by atoms with Crippen LogP contribution in [0.1, 0.15) is 45.2 Å². The first kappa shape index (κ1) is 13.2. The molecule has 0 spiro atoms. The van der Waals surface area contributed by atoms with E-state index in [2.05, 4.69) is 26.1 Å². The third-order valence-corrected chi connectivity index (χ3v) is 3.17. The van der Waals surface area contributed by atoms with Crippen molar-refractivity contribution in [2.75, 3.05) is 6.54 Å². The molecule has 0 aliphatic heterocycles. The minimum absolute atomic E-state index is 0.163. The van der Waals surface area contributed by atoms with Crippen molar-refractivity contribution in [3.63, 3.8) is 0 Å². The highest BCUT2D eigenvalue weighted by molar-refractivity contribution is 5.20. The van der Waals surface area contributed by atoms with Crippen LogP contribution in [0.15, 0.2) is 24.3 Å². The van der Waals surface area contributed by atoms with E-state index in [9.17, 15) is 4.39 Å². The van der Waals surface area contributed by atoms with Gasteiger partial charge in [0.15, 0.2) is 0 Å². The van der Waals surface area contributed by atoms with Crippen LogP contribution in [0.2, 0.25) is 0 Å². The Balaban J connectivity index is 2.87. The molecule has 0 heterocycles. The molecule has 0 aliphatic rings. The second kappa shape index (κ2) is 6.64. The fourth-order valence-electron chi connectivity index (χ4n) is 2.21. The van der Waals surface area contributed by atoms with E-state index in [1.54, 1.807) is 12.1 Å². The summed E-state index contributed by atoms with van der Waals surface area (Å²) in [7, 11) is 0. The van der Waals surface area contributed by atoms with E-state index in [1.165, 1.54) is 5.56 Å². The van der Waals surface area contributed by atoms with Gasteiger partial charge in [-0.25, -0.2) is 4.39 Å². The average Bonchev–Trinajstić information content (AvgIpc) is 2.31. The van der Waals surface area contributed by atoms with Gasteiger partial charge in [-0.3, -0.25) is 0 Å². The Morgan fingerprint density at radius 3 is 2.06 bits per heavy atom. The second-order valence-corrected chi connectivity index (χ2v) is 4.16. The molecule has 1 aromatic carbocycles. The molecule has 0 radical (unpaired) electrons. The summed E-state index contributed by atoms with van der Waals surface area (Å²) < 4.78 is 12.9. The van der Waals surface area contributed by atoms with Gasteiger partial charge in [0.05, 0.1) is 0 Å². The molecule has 1 rings (SSSR count). The molecule has 0 amide bonds. The standard InChI is InChI=1S/C14H22FN/c1-4-11(5-2)14(16-6-3)12-7-9-13(15)10-8-12/h7-11,14,16H,4-6H2,1-3H3. The summed E-state index contributed by atoms with van der Waals surface area (Å²) in [5.74, 6) is 0.453. The lowest BCUT2D eigenvalue weighted by Crippen LogP contribution is -2.27. The lowest BCUT2D eigenvalue weighted by molar-refractivity contribution is 0.346. The second-order valence-electron chi connectivity index (χ2n) is 4.16. The number of rotatable bonds is 6. The molecule has 16 heavy (non-hydrogen) atoms. The zero-order chi connectivity index (χ0) is 12.0. The Bertz CT molecular complexity index is 290. The first-order chi connectivity index (χ1) is 7.72. The fraction of sp³-hybridized carbons (Fsp3) is 0.571. The van der Waals surface area contributed by atoms with Crippen LogP contribution in [0.25, 0.3) is 0 Å². The normalized spacial score (nSPS) is 13.1. The fourth-order valence-corrected chi connectivity index (χ4v) is 2.21. The van der Waals surface area contributed by atoms with E-state index in [0.29, 0.717) is 12.0 Å². The molecule has 0 saturated heterocycles. The predicted octanol–water partition coefficient (Wildman–Crippen LogP) is 3.91. The van der Waals surface area contributed by atoms with Crippen LogP contribution in [0.3, 0.4) is 0 Å². The zero-order valence-corrected chi connectivity index (χ0v) is 10.5. The molecular formula is C14H22FN. The van der Waals surface area contributed by atoms with E-state index in [4.69, 9.17) is 0 Å². The number of hydrogen-bond acceptors (Lipinski definition) is 1. The monoisotopic (exact) mass is 223 g/mol. The molecule has 0 aliphatic carbocycles. The summed E-state index contributed by atoms with van der Waals surface area (Å²) in [6.07, 6.45) is 2.29. The molecule has 0 saturated carbocycles. The topological polar surface area (TPSA) is 12.0 Å². The third kappa shape index (κ3) is 3.31. The van der Waals surface area contributed by atoms with Gasteiger partial charge >= 0.3 is 0 Å². The number of benzene rings is 1. The molecule has 1 unspecified atom stereocenters. The Kier molecular flexibility index (Phi) is 5.47. The van der Waals surface area contributed by atoms with Crippen molar-refractivity contribution in [2.45, 2.75) is 39.7 Å². The molecule has 0 bridgehead atoms. The summed E-state index contributed by atoms with van der Waals surface area (Å²) in [5.41, 5.74) is 1.19. The van der Waals surface area contributed by atoms with Crippen molar-refractivity contribution < 1.29 is 4.39 Å². The van der Waals surface area contributed by atoms with E-state index >= 15 is 0 Å². The minimum Gasteiger partial charge on any atom is -0.310 e. The largest absolute Gasteiger partial charge is 0.310 e. The van der Waals surface area contributed by atoms with E-state index in [1.807, 2.05) is 12.1 Å². The molecule has 2 heteroatoms. The van der Waals surface area contributed by atoms with Gasteiger partial charge in [-0.1, -0.05) is 45.7 Å². The maximum atomic E-state index is 12.9. The van der Waals surface area contributed by atoms with E-state index in [0.717, 1.165) is 19.4 Å². The van der Waals surface area contributed by atoms with Gasteiger partial charge in [0.1, 0.15) is 5.82 Å². The highest BCUT2D eigenvalue weighted by atomic mass is 19.1. The molecular weight excluding hydrogens is 201 g/mol. The first-order valence-corrected chi connectivity index (χ1v) is 6.21. The highest BCUT2D eigenvalue weighted by Crippen LogP contribution is 2.27. The SMILES string of the molecule is CCNC(c1ccc(F)cc1)C(CC)CC. The van der Waals surface area contributed by atoms with Crippen molar-refractivity contribution in [1.82, 2.24) is 5.32 Å². The summed E-state index contributed by atoms with van der Waals surface area (Å²) in [6.45, 7) is 7.47. The van der Waals surface area contributed by atoms with Gasteiger partial charge in [0.2, 0.25) is 0 Å². The third-order valence-electron chi connectivity index (χ3n) is 3.17. The van der Waals surface area contributed by atoms with Crippen LogP contribution in [-0.4, -0.2) is 6.54 Å². The minimum atomic E-state index is -0.163. The lowest BCUT2D eigenvalue weighted by atomic mass is 9.89. The van der Waals surface area contributed by atoms with Gasteiger partial charge in [-0.15, -0.1) is 0 Å². The van der Waals surface area contributed by atoms with Gasteiger partial charge in [0.25, 0.3) is 0 Å². The van der Waals surface area contributed by atoms with Gasteiger partial charge < -0.3 is 5.32 Å². The molecule has 90 valence electrons. The van der Waals surface area contributed by atoms with Crippen LogP contribution in [-0.2, 0) is 0 Å². The lowest BCUT2D eigenvalue weighted by Gasteiger charge is -2.26. The van der Waals surface area contributed by atoms with Crippen molar-refractivity contribution in [3.8, 4) is 0 Å². The van der Waals surface area contributed by atoms with Crippen molar-refractivity contribution >= 4 is 0 Å². The molecule has 1 nitrogen and oxygen atoms in total. The van der Waals surface area contributed by atoms with Crippen LogP contribution in [0.4, 0.5) is 4.39 Å². The Morgan fingerprint density at radius 2 is 1.62 bits per heavy atom. The number of halogens is 1. The summed E-state index contributed by atoms with van der Waals surface area (Å²) >= 11 is 0. The van der Waals surface area contributed by atoms with Crippen LogP contribution >= 0.6 is 0 Å². The number of nitrogens with one attached hydrogen (secondary N) is 1. The van der Waals surface area contributed by atoms with Crippen LogP contribution in [0.5, 0.6) is 0 Å². The Hall–Kier alpha value is -0.890. The van der Waals surface area contributed by atoms with Crippen molar-refractivity contribution in [3.05, 3.63) is 35.6 Å². The van der Waals surface area contributed by atoms with E-state index in [-0.39, 0.29) is 5.82 Å². The van der Waals surface area contributed by atoms with Gasteiger partial charge in [-0.2, -0.15) is 0 Å². The van der Waals surface area contributed by atoms with Gasteiger partial charge in [0, 0.05) is 6.04 Å². The van der Waals surface area contributed by atoms with Crippen LogP contribution < -0.4 is 5.32 Å². The molecule has 0 aromatic heterocycles. The first-order valence-electron chi connectivity index (χ1n) is 6.21. The maximum Gasteiger partial charge on any atom is 0.123 e. The summed E-state index contributed by atoms with van der Waals surface area (Å²) in [5, 5.41) is 3.50. The summed E-state index contributed by atoms with van der Waals surface area (Å²) in [6, 6.07) is 7.21. The molecule has 0 fully saturated rings.